The Balaban J connectivity index is 1.99. The van der Waals surface area contributed by atoms with Gasteiger partial charge in [-0.2, -0.15) is 0 Å². The molecule has 0 aliphatic rings. The Kier molecular flexibility index (Phi) is 3.28. The number of hydrogen-bond donors (Lipinski definition) is 1. The molecule has 1 heterocycles. The first-order valence-corrected chi connectivity index (χ1v) is 7.40. The van der Waals surface area contributed by atoms with Crippen LogP contribution in [0.3, 0.4) is 0 Å². The van der Waals surface area contributed by atoms with Crippen LogP contribution in [0.25, 0.3) is 21.8 Å². The molecule has 0 aliphatic heterocycles. The van der Waals surface area contributed by atoms with Crippen LogP contribution in [0, 0.1) is 13.8 Å². The maximum absolute atomic E-state index is 5.72. The summed E-state index contributed by atoms with van der Waals surface area (Å²) in [6.07, 6.45) is 0. The van der Waals surface area contributed by atoms with Crippen LogP contribution in [0.15, 0.2) is 47.8 Å². The van der Waals surface area contributed by atoms with E-state index in [1.54, 1.807) is 11.3 Å². The van der Waals surface area contributed by atoms with Gasteiger partial charge >= 0.3 is 0 Å². The summed E-state index contributed by atoms with van der Waals surface area (Å²) >= 11 is 1.66. The second-order valence-corrected chi connectivity index (χ2v) is 5.84. The van der Waals surface area contributed by atoms with Crippen molar-refractivity contribution < 1.29 is 0 Å². The van der Waals surface area contributed by atoms with Crippen molar-refractivity contribution in [2.75, 3.05) is 5.73 Å². The summed E-state index contributed by atoms with van der Waals surface area (Å²) < 4.78 is 0. The summed E-state index contributed by atoms with van der Waals surface area (Å²) in [4.78, 5) is 4.75. The first-order valence-electron chi connectivity index (χ1n) is 6.52. The Bertz CT molecular complexity index is 742. The van der Waals surface area contributed by atoms with E-state index in [4.69, 9.17) is 10.7 Å². The number of aromatic nitrogens is 1. The van der Waals surface area contributed by atoms with E-state index in [9.17, 15) is 0 Å². The molecule has 3 aromatic rings. The minimum atomic E-state index is 0.778. The molecule has 0 fully saturated rings. The predicted molar refractivity (Wildman–Crippen MR) is 86.9 cm³/mol. The average Bonchev–Trinajstić information content (AvgIpc) is 2.89. The number of nitrogens with zero attached hydrogens (tertiary/aromatic N) is 1. The first-order chi connectivity index (χ1) is 9.63. The highest BCUT2D eigenvalue weighted by molar-refractivity contribution is 7.13. The number of nitrogens with two attached hydrogens (primary N) is 1. The fourth-order valence-corrected chi connectivity index (χ4v) is 3.08. The molecule has 0 aliphatic carbocycles. The van der Waals surface area contributed by atoms with E-state index in [0.717, 1.165) is 22.0 Å². The molecule has 2 nitrogen and oxygen atoms in total. The Hall–Kier alpha value is -2.13. The van der Waals surface area contributed by atoms with Crippen molar-refractivity contribution in [2.24, 2.45) is 0 Å². The van der Waals surface area contributed by atoms with Crippen molar-refractivity contribution in [1.82, 2.24) is 4.98 Å². The van der Waals surface area contributed by atoms with Crippen molar-refractivity contribution >= 4 is 17.0 Å². The van der Waals surface area contributed by atoms with E-state index in [1.165, 1.54) is 16.7 Å². The van der Waals surface area contributed by atoms with E-state index in [0.29, 0.717) is 0 Å². The van der Waals surface area contributed by atoms with Crippen LogP contribution < -0.4 is 5.73 Å². The van der Waals surface area contributed by atoms with Crippen LogP contribution in [0.4, 0.5) is 5.69 Å². The minimum absolute atomic E-state index is 0.778. The van der Waals surface area contributed by atoms with Gasteiger partial charge in [0, 0.05) is 22.2 Å². The molecule has 0 saturated carbocycles. The Morgan fingerprint density at radius 2 is 1.75 bits per heavy atom. The summed E-state index contributed by atoms with van der Waals surface area (Å²) in [5, 5.41) is 3.14. The van der Waals surface area contributed by atoms with Gasteiger partial charge in [-0.25, -0.2) is 4.98 Å². The molecule has 100 valence electrons. The zero-order valence-corrected chi connectivity index (χ0v) is 12.4. The molecular weight excluding hydrogens is 264 g/mol. The largest absolute Gasteiger partial charge is 0.399 e. The molecule has 0 spiro atoms. The lowest BCUT2D eigenvalue weighted by Gasteiger charge is -2.03. The standard InChI is InChI=1S/C17H16N2S/c1-11-3-8-15(12(2)9-11)16-10-20-17(19-16)13-4-6-14(18)7-5-13/h3-10H,18H2,1-2H3. The van der Waals surface area contributed by atoms with Crippen molar-refractivity contribution in [3.05, 3.63) is 59.0 Å². The van der Waals surface area contributed by atoms with Gasteiger partial charge in [0.15, 0.2) is 0 Å². The van der Waals surface area contributed by atoms with Gasteiger partial charge in [0.2, 0.25) is 0 Å². The quantitative estimate of drug-likeness (QED) is 0.692. The third-order valence-corrected chi connectivity index (χ3v) is 4.21. The van der Waals surface area contributed by atoms with Gasteiger partial charge in [0.25, 0.3) is 0 Å². The molecule has 0 bridgehead atoms. The smallest absolute Gasteiger partial charge is 0.124 e. The minimum Gasteiger partial charge on any atom is -0.399 e. The summed E-state index contributed by atoms with van der Waals surface area (Å²) in [5.74, 6) is 0. The summed E-state index contributed by atoms with van der Waals surface area (Å²) in [6, 6.07) is 14.3. The molecule has 3 rings (SSSR count). The fourth-order valence-electron chi connectivity index (χ4n) is 2.26. The maximum atomic E-state index is 5.72. The third-order valence-electron chi connectivity index (χ3n) is 3.32. The molecule has 3 heteroatoms. The van der Waals surface area contributed by atoms with Gasteiger partial charge in [-0.1, -0.05) is 23.8 Å². The van der Waals surface area contributed by atoms with Gasteiger partial charge < -0.3 is 5.73 Å². The highest BCUT2D eigenvalue weighted by Gasteiger charge is 2.08. The molecule has 20 heavy (non-hydrogen) atoms. The third kappa shape index (κ3) is 2.45. The molecule has 0 atom stereocenters. The van der Waals surface area contributed by atoms with Gasteiger partial charge in [-0.3, -0.25) is 0 Å². The monoisotopic (exact) mass is 280 g/mol. The Morgan fingerprint density at radius 3 is 2.45 bits per heavy atom. The molecule has 2 N–H and O–H groups in total. The number of benzene rings is 2. The molecule has 0 radical (unpaired) electrons. The van der Waals surface area contributed by atoms with Gasteiger partial charge in [0.1, 0.15) is 5.01 Å². The van der Waals surface area contributed by atoms with Crippen molar-refractivity contribution in [2.45, 2.75) is 13.8 Å². The lowest BCUT2D eigenvalue weighted by molar-refractivity contribution is 1.34. The normalized spacial score (nSPS) is 10.7. The van der Waals surface area contributed by atoms with E-state index in [-0.39, 0.29) is 0 Å². The molecule has 0 unspecified atom stereocenters. The van der Waals surface area contributed by atoms with Crippen molar-refractivity contribution in [1.29, 1.82) is 0 Å². The summed E-state index contributed by atoms with van der Waals surface area (Å²) in [7, 11) is 0. The number of thiazole rings is 1. The maximum Gasteiger partial charge on any atom is 0.124 e. The van der Waals surface area contributed by atoms with E-state index >= 15 is 0 Å². The van der Waals surface area contributed by atoms with E-state index in [2.05, 4.69) is 37.4 Å². The number of anilines is 1. The Morgan fingerprint density at radius 1 is 1.00 bits per heavy atom. The van der Waals surface area contributed by atoms with E-state index < -0.39 is 0 Å². The second-order valence-electron chi connectivity index (χ2n) is 4.98. The molecular formula is C17H16N2S. The highest BCUT2D eigenvalue weighted by atomic mass is 32.1. The number of rotatable bonds is 2. The first kappa shape index (κ1) is 12.9. The van der Waals surface area contributed by atoms with Crippen LogP contribution in [0.5, 0.6) is 0 Å². The van der Waals surface area contributed by atoms with Crippen LogP contribution in [0.2, 0.25) is 0 Å². The van der Waals surface area contributed by atoms with E-state index in [1.807, 2.05) is 24.3 Å². The van der Waals surface area contributed by atoms with Crippen LogP contribution in [-0.2, 0) is 0 Å². The SMILES string of the molecule is Cc1ccc(-c2csc(-c3ccc(N)cc3)n2)c(C)c1. The zero-order valence-electron chi connectivity index (χ0n) is 11.6. The number of aryl methyl sites for hydroxylation is 2. The molecule has 0 saturated heterocycles. The molecule has 0 amide bonds. The van der Waals surface area contributed by atoms with Crippen molar-refractivity contribution in [3.63, 3.8) is 0 Å². The predicted octanol–water partition coefficient (Wildman–Crippen LogP) is 4.68. The summed E-state index contributed by atoms with van der Waals surface area (Å²) in [6.45, 7) is 4.24. The number of hydrogen-bond acceptors (Lipinski definition) is 3. The zero-order chi connectivity index (χ0) is 14.1. The van der Waals surface area contributed by atoms with Gasteiger partial charge in [-0.15, -0.1) is 11.3 Å². The van der Waals surface area contributed by atoms with Gasteiger partial charge in [-0.05, 0) is 43.7 Å². The van der Waals surface area contributed by atoms with Crippen LogP contribution in [-0.4, -0.2) is 4.98 Å². The lowest BCUT2D eigenvalue weighted by Crippen LogP contribution is -1.86. The molecule has 1 aromatic heterocycles. The molecule has 2 aromatic carbocycles. The Labute approximate surface area is 122 Å². The van der Waals surface area contributed by atoms with Crippen molar-refractivity contribution in [3.8, 4) is 21.8 Å². The van der Waals surface area contributed by atoms with Crippen LogP contribution >= 0.6 is 11.3 Å². The lowest BCUT2D eigenvalue weighted by atomic mass is 10.0. The fraction of sp³-hybridized carbons (Fsp3) is 0.118. The van der Waals surface area contributed by atoms with Crippen LogP contribution in [0.1, 0.15) is 11.1 Å². The second kappa shape index (κ2) is 5.10. The topological polar surface area (TPSA) is 38.9 Å². The average molecular weight is 280 g/mol. The highest BCUT2D eigenvalue weighted by Crippen LogP contribution is 2.31. The summed E-state index contributed by atoms with van der Waals surface area (Å²) in [5.41, 5.74) is 12.4. The van der Waals surface area contributed by atoms with Gasteiger partial charge in [0.05, 0.1) is 5.69 Å². The number of nitrogen functional groups attached to an aromatic ring is 1.